The number of aryl methyl sites for hydroxylation is 1. The molecule has 0 spiro atoms. The summed E-state index contributed by atoms with van der Waals surface area (Å²) in [7, 11) is 0. The molecule has 1 aromatic heterocycles. The molecule has 156 valence electrons. The van der Waals surface area contributed by atoms with Crippen LogP contribution >= 0.6 is 11.3 Å². The highest BCUT2D eigenvalue weighted by molar-refractivity contribution is 7.16. The number of nitrogens with zero attached hydrogens (tertiary/aromatic N) is 2. The summed E-state index contributed by atoms with van der Waals surface area (Å²) in [5.41, 5.74) is 3.41. The van der Waals surface area contributed by atoms with Crippen molar-refractivity contribution in [3.63, 3.8) is 0 Å². The molecule has 0 saturated carbocycles. The molecule has 0 aliphatic carbocycles. The van der Waals surface area contributed by atoms with Gasteiger partial charge in [-0.1, -0.05) is 25.0 Å². The molecule has 0 bridgehead atoms. The zero-order valence-electron chi connectivity index (χ0n) is 17.5. The predicted molar refractivity (Wildman–Crippen MR) is 119 cm³/mol. The Morgan fingerprint density at radius 1 is 1.34 bits per heavy atom. The standard InChI is InChI=1S/C23H31N3O2S/c1-3-4-5-21(27)26-11-8-17(9-12-26)15-24-23-25-22-18-14-16(2)6-7-19(18)28-13-10-20(22)29-23/h6-7,14,17H,3-5,8-13,15H2,1-2H3,(H,24,25). The number of hydrogen-bond donors (Lipinski definition) is 1. The van der Waals surface area contributed by atoms with Crippen LogP contribution in [-0.4, -0.2) is 42.0 Å². The Labute approximate surface area is 177 Å². The monoisotopic (exact) mass is 413 g/mol. The number of thiazole rings is 1. The van der Waals surface area contributed by atoms with Gasteiger partial charge in [-0.05, 0) is 44.2 Å². The number of rotatable bonds is 6. The number of benzene rings is 1. The SMILES string of the molecule is CCCCC(=O)N1CCC(CNc2nc3c(s2)CCOc2ccc(C)cc2-3)CC1. The van der Waals surface area contributed by atoms with Gasteiger partial charge in [0.25, 0.3) is 0 Å². The first-order chi connectivity index (χ1) is 14.1. The molecule has 0 radical (unpaired) electrons. The number of unbranched alkanes of at least 4 members (excludes halogenated alkanes) is 1. The zero-order valence-corrected chi connectivity index (χ0v) is 18.3. The van der Waals surface area contributed by atoms with Crippen molar-refractivity contribution in [3.05, 3.63) is 28.6 Å². The zero-order chi connectivity index (χ0) is 20.2. The molecule has 3 heterocycles. The first-order valence-corrected chi connectivity index (χ1v) is 11.7. The van der Waals surface area contributed by atoms with Gasteiger partial charge in [0, 0.05) is 42.9 Å². The van der Waals surface area contributed by atoms with E-state index in [2.05, 4.69) is 42.3 Å². The van der Waals surface area contributed by atoms with Gasteiger partial charge in [-0.15, -0.1) is 11.3 Å². The van der Waals surface area contributed by atoms with Crippen molar-refractivity contribution in [1.82, 2.24) is 9.88 Å². The number of piperidine rings is 1. The fourth-order valence-corrected chi connectivity index (χ4v) is 5.08. The molecule has 2 aromatic rings. The van der Waals surface area contributed by atoms with Crippen molar-refractivity contribution in [1.29, 1.82) is 0 Å². The maximum absolute atomic E-state index is 12.2. The van der Waals surface area contributed by atoms with Crippen molar-refractivity contribution in [2.75, 3.05) is 31.6 Å². The lowest BCUT2D eigenvalue weighted by atomic mass is 9.96. The van der Waals surface area contributed by atoms with Crippen molar-refractivity contribution < 1.29 is 9.53 Å². The molecule has 0 atom stereocenters. The second-order valence-corrected chi connectivity index (χ2v) is 9.28. The van der Waals surface area contributed by atoms with Crippen molar-refractivity contribution >= 4 is 22.4 Å². The van der Waals surface area contributed by atoms with Crippen molar-refractivity contribution in [3.8, 4) is 17.0 Å². The normalized spacial score (nSPS) is 16.6. The lowest BCUT2D eigenvalue weighted by Crippen LogP contribution is -2.39. The van der Waals surface area contributed by atoms with E-state index < -0.39 is 0 Å². The molecule has 0 unspecified atom stereocenters. The molecular formula is C23H31N3O2S. The van der Waals surface area contributed by atoms with E-state index in [9.17, 15) is 4.79 Å². The molecule has 1 aromatic carbocycles. The van der Waals surface area contributed by atoms with Crippen LogP contribution in [0.4, 0.5) is 5.13 Å². The smallest absolute Gasteiger partial charge is 0.222 e. The minimum absolute atomic E-state index is 0.332. The lowest BCUT2D eigenvalue weighted by molar-refractivity contribution is -0.132. The van der Waals surface area contributed by atoms with Gasteiger partial charge in [0.1, 0.15) is 5.75 Å². The van der Waals surface area contributed by atoms with E-state index in [1.165, 1.54) is 10.4 Å². The number of ether oxygens (including phenoxy) is 1. The third-order valence-corrected chi connectivity index (χ3v) is 7.00. The Bertz CT molecular complexity index is 856. The van der Waals surface area contributed by atoms with E-state index in [4.69, 9.17) is 9.72 Å². The number of carbonyl (C=O) groups excluding carboxylic acids is 1. The van der Waals surface area contributed by atoms with Gasteiger partial charge in [-0.2, -0.15) is 0 Å². The molecule has 2 aliphatic rings. The van der Waals surface area contributed by atoms with E-state index >= 15 is 0 Å². The summed E-state index contributed by atoms with van der Waals surface area (Å²) in [6.07, 6.45) is 5.84. The summed E-state index contributed by atoms with van der Waals surface area (Å²) in [5, 5.41) is 4.58. The maximum Gasteiger partial charge on any atom is 0.222 e. The number of anilines is 1. The van der Waals surface area contributed by atoms with Crippen LogP contribution in [0.3, 0.4) is 0 Å². The number of fused-ring (bicyclic) bond motifs is 3. The van der Waals surface area contributed by atoms with Gasteiger partial charge in [0.15, 0.2) is 5.13 Å². The number of amides is 1. The van der Waals surface area contributed by atoms with Crippen LogP contribution < -0.4 is 10.1 Å². The summed E-state index contributed by atoms with van der Waals surface area (Å²) in [6.45, 7) is 7.67. The third kappa shape index (κ3) is 4.74. The van der Waals surface area contributed by atoms with E-state index in [0.717, 1.165) is 73.9 Å². The summed E-state index contributed by atoms with van der Waals surface area (Å²) >= 11 is 1.75. The van der Waals surface area contributed by atoms with Gasteiger partial charge < -0.3 is 15.0 Å². The fraction of sp³-hybridized carbons (Fsp3) is 0.565. The first-order valence-electron chi connectivity index (χ1n) is 10.9. The van der Waals surface area contributed by atoms with Crippen LogP contribution in [0, 0.1) is 12.8 Å². The van der Waals surface area contributed by atoms with Crippen LogP contribution in [0.1, 0.15) is 49.5 Å². The molecular weight excluding hydrogens is 382 g/mol. The summed E-state index contributed by atoms with van der Waals surface area (Å²) in [4.78, 5) is 20.5. The van der Waals surface area contributed by atoms with E-state index in [1.807, 2.05) is 0 Å². The number of hydrogen-bond acceptors (Lipinski definition) is 5. The Morgan fingerprint density at radius 3 is 2.97 bits per heavy atom. The molecule has 1 saturated heterocycles. The minimum atomic E-state index is 0.332. The van der Waals surface area contributed by atoms with Gasteiger partial charge in [-0.25, -0.2) is 4.98 Å². The van der Waals surface area contributed by atoms with E-state index in [1.54, 1.807) is 11.3 Å². The average Bonchev–Trinajstić information content (AvgIpc) is 3.07. The highest BCUT2D eigenvalue weighted by Crippen LogP contribution is 2.39. The molecule has 1 N–H and O–H groups in total. The van der Waals surface area contributed by atoms with E-state index in [0.29, 0.717) is 24.9 Å². The molecule has 4 rings (SSSR count). The third-order valence-electron chi connectivity index (χ3n) is 5.93. The van der Waals surface area contributed by atoms with Crippen LogP contribution in [0.5, 0.6) is 5.75 Å². The maximum atomic E-state index is 12.2. The second-order valence-electron chi connectivity index (χ2n) is 8.20. The highest BCUT2D eigenvalue weighted by atomic mass is 32.1. The highest BCUT2D eigenvalue weighted by Gasteiger charge is 2.24. The Balaban J connectivity index is 1.35. The van der Waals surface area contributed by atoms with Crippen LogP contribution in [0.2, 0.25) is 0 Å². The number of carbonyl (C=O) groups is 1. The molecule has 2 aliphatic heterocycles. The van der Waals surface area contributed by atoms with Gasteiger partial charge in [0.05, 0.1) is 12.3 Å². The molecule has 6 heteroatoms. The Hall–Kier alpha value is -2.08. The van der Waals surface area contributed by atoms with Crippen molar-refractivity contribution in [2.24, 2.45) is 5.92 Å². The largest absolute Gasteiger partial charge is 0.493 e. The Morgan fingerprint density at radius 2 is 2.17 bits per heavy atom. The molecule has 1 fully saturated rings. The van der Waals surface area contributed by atoms with Crippen LogP contribution in [-0.2, 0) is 11.2 Å². The average molecular weight is 414 g/mol. The Kier molecular flexibility index (Phi) is 6.38. The van der Waals surface area contributed by atoms with Crippen LogP contribution in [0.25, 0.3) is 11.3 Å². The number of aromatic nitrogens is 1. The first kappa shape index (κ1) is 20.2. The van der Waals surface area contributed by atoms with E-state index in [-0.39, 0.29) is 0 Å². The second kappa shape index (κ2) is 9.16. The summed E-state index contributed by atoms with van der Waals surface area (Å²) in [6, 6.07) is 6.32. The molecule has 5 nitrogen and oxygen atoms in total. The summed E-state index contributed by atoms with van der Waals surface area (Å²) < 4.78 is 5.91. The summed E-state index contributed by atoms with van der Waals surface area (Å²) in [5.74, 6) is 1.87. The quantitative estimate of drug-likeness (QED) is 0.732. The topological polar surface area (TPSA) is 54.5 Å². The molecule has 1 amide bonds. The number of likely N-dealkylation sites (tertiary alicyclic amines) is 1. The minimum Gasteiger partial charge on any atom is -0.493 e. The number of nitrogens with one attached hydrogen (secondary N) is 1. The van der Waals surface area contributed by atoms with Gasteiger partial charge in [0.2, 0.25) is 5.91 Å². The van der Waals surface area contributed by atoms with Gasteiger partial charge in [-0.3, -0.25) is 4.79 Å². The van der Waals surface area contributed by atoms with Crippen molar-refractivity contribution in [2.45, 2.75) is 52.4 Å². The molecule has 29 heavy (non-hydrogen) atoms. The lowest BCUT2D eigenvalue weighted by Gasteiger charge is -2.32. The van der Waals surface area contributed by atoms with Gasteiger partial charge >= 0.3 is 0 Å². The van der Waals surface area contributed by atoms with Crippen LogP contribution in [0.15, 0.2) is 18.2 Å². The predicted octanol–water partition coefficient (Wildman–Crippen LogP) is 4.89. The fourth-order valence-electron chi connectivity index (χ4n) is 4.12.